The minimum Gasteiger partial charge on any atom is -0.481 e. The average molecular weight is 536 g/mol. The van der Waals surface area contributed by atoms with Gasteiger partial charge in [-0.1, -0.05) is 72.3 Å². The summed E-state index contributed by atoms with van der Waals surface area (Å²) in [5.41, 5.74) is 1.64. The summed E-state index contributed by atoms with van der Waals surface area (Å²) in [7, 11) is 0. The molecule has 39 heavy (non-hydrogen) atoms. The second-order valence-electron chi connectivity index (χ2n) is 8.35. The number of fused-ring (bicyclic) bond motifs is 1. The molecule has 190 valence electrons. The zero-order chi connectivity index (χ0) is 27.4. The first-order valence-corrected chi connectivity index (χ1v) is 12.0. The Labute approximate surface area is 227 Å². The predicted molar refractivity (Wildman–Crippen MR) is 148 cm³/mol. The number of para-hydroxylation sites is 1. The summed E-state index contributed by atoms with van der Waals surface area (Å²) in [5, 5.41) is 25.9. The molecule has 1 aromatic heterocycles. The summed E-state index contributed by atoms with van der Waals surface area (Å²) in [5.74, 6) is 0.174. The van der Waals surface area contributed by atoms with Crippen molar-refractivity contribution in [1.82, 2.24) is 9.66 Å². The van der Waals surface area contributed by atoms with Gasteiger partial charge in [0.2, 0.25) is 5.75 Å². The molecule has 0 aliphatic carbocycles. The molecule has 9 nitrogen and oxygen atoms in total. The molecule has 0 fully saturated rings. The van der Waals surface area contributed by atoms with Gasteiger partial charge in [0.05, 0.1) is 38.7 Å². The summed E-state index contributed by atoms with van der Waals surface area (Å²) < 4.78 is 6.84. The fourth-order valence-corrected chi connectivity index (χ4v) is 4.26. The Bertz CT molecular complexity index is 1850. The summed E-state index contributed by atoms with van der Waals surface area (Å²) >= 11 is 6.40. The highest BCUT2D eigenvalue weighted by atomic mass is 35.5. The van der Waals surface area contributed by atoms with Gasteiger partial charge in [-0.25, -0.2) is 4.98 Å². The van der Waals surface area contributed by atoms with Gasteiger partial charge in [-0.2, -0.15) is 15.0 Å². The minimum absolute atomic E-state index is 0.0210. The van der Waals surface area contributed by atoms with Crippen molar-refractivity contribution in [1.29, 1.82) is 5.26 Å². The normalized spacial score (nSPS) is 11.0. The van der Waals surface area contributed by atoms with Crippen molar-refractivity contribution < 1.29 is 9.66 Å². The van der Waals surface area contributed by atoms with Crippen molar-refractivity contribution in [2.45, 2.75) is 6.61 Å². The maximum atomic E-state index is 13.3. The molecule has 0 atom stereocenters. The van der Waals surface area contributed by atoms with Crippen LogP contribution in [-0.4, -0.2) is 20.8 Å². The summed E-state index contributed by atoms with van der Waals surface area (Å²) in [4.78, 5) is 29.2. The third-order valence-corrected chi connectivity index (χ3v) is 6.14. The number of nitriles is 1. The lowest BCUT2D eigenvalue weighted by Crippen LogP contribution is -2.20. The number of nitro benzene ring substituents is 1. The Kier molecular flexibility index (Phi) is 7.12. The number of nitro groups is 1. The van der Waals surface area contributed by atoms with Gasteiger partial charge in [0.1, 0.15) is 6.61 Å². The van der Waals surface area contributed by atoms with Crippen LogP contribution >= 0.6 is 11.6 Å². The monoisotopic (exact) mass is 535 g/mol. The molecule has 10 heteroatoms. The molecule has 0 unspecified atom stereocenters. The van der Waals surface area contributed by atoms with Gasteiger partial charge >= 0.3 is 5.69 Å². The van der Waals surface area contributed by atoms with Gasteiger partial charge < -0.3 is 4.74 Å². The molecule has 0 radical (unpaired) electrons. The lowest BCUT2D eigenvalue weighted by Gasteiger charge is -2.11. The zero-order valence-corrected chi connectivity index (χ0v) is 20.9. The van der Waals surface area contributed by atoms with E-state index in [-0.39, 0.29) is 28.6 Å². The van der Waals surface area contributed by atoms with E-state index in [2.05, 4.69) is 16.2 Å². The summed E-state index contributed by atoms with van der Waals surface area (Å²) in [6.45, 7) is -0.0870. The van der Waals surface area contributed by atoms with Crippen molar-refractivity contribution >= 4 is 34.4 Å². The van der Waals surface area contributed by atoms with Crippen molar-refractivity contribution in [3.8, 4) is 23.2 Å². The van der Waals surface area contributed by atoms with Gasteiger partial charge in [-0.3, -0.25) is 14.9 Å². The molecule has 0 spiro atoms. The van der Waals surface area contributed by atoms with Gasteiger partial charge in [0, 0.05) is 22.8 Å². The quantitative estimate of drug-likeness (QED) is 0.144. The second kappa shape index (κ2) is 11.0. The highest BCUT2D eigenvalue weighted by Gasteiger charge is 2.21. The molecule has 1 heterocycles. The second-order valence-corrected chi connectivity index (χ2v) is 8.75. The molecule has 0 saturated heterocycles. The first-order valence-electron chi connectivity index (χ1n) is 11.7. The number of hydrogen-bond donors (Lipinski definition) is 0. The smallest absolute Gasteiger partial charge is 0.313 e. The maximum absolute atomic E-state index is 13.3. The first-order chi connectivity index (χ1) is 19.0. The van der Waals surface area contributed by atoms with Gasteiger partial charge in [0.25, 0.3) is 5.56 Å². The van der Waals surface area contributed by atoms with Crippen LogP contribution in [-0.2, 0) is 6.61 Å². The molecular formula is C29H18ClN5O4. The van der Waals surface area contributed by atoms with Crippen LogP contribution in [0.25, 0.3) is 22.3 Å². The molecule has 0 N–H and O–H groups in total. The highest BCUT2D eigenvalue weighted by molar-refractivity contribution is 6.32. The summed E-state index contributed by atoms with van der Waals surface area (Å²) in [6, 6.07) is 27.6. The topological polar surface area (TPSA) is 123 Å². The Morgan fingerprint density at radius 2 is 1.77 bits per heavy atom. The predicted octanol–water partition coefficient (Wildman–Crippen LogP) is 5.96. The number of nitrogens with zero attached hydrogens (tertiary/aromatic N) is 5. The molecule has 0 amide bonds. The molecule has 4 aromatic carbocycles. The number of halogens is 1. The van der Waals surface area contributed by atoms with Crippen LogP contribution in [0.15, 0.2) is 101 Å². The maximum Gasteiger partial charge on any atom is 0.313 e. The van der Waals surface area contributed by atoms with E-state index in [9.17, 15) is 20.2 Å². The SMILES string of the molecule is N#Cc1ccccc1COc1c(Cl)cc(C=Nn2c(-c3ccccc3)nc3ccccc3c2=O)cc1[N+](=O)[O-]. The lowest BCUT2D eigenvalue weighted by molar-refractivity contribution is -0.385. The number of aromatic nitrogens is 2. The van der Waals surface area contributed by atoms with E-state index < -0.39 is 10.5 Å². The van der Waals surface area contributed by atoms with Crippen LogP contribution in [0, 0.1) is 21.4 Å². The minimum atomic E-state index is -0.617. The van der Waals surface area contributed by atoms with E-state index in [0.29, 0.717) is 33.4 Å². The van der Waals surface area contributed by atoms with Crippen LogP contribution in [0.5, 0.6) is 5.75 Å². The van der Waals surface area contributed by atoms with Crippen LogP contribution in [0.2, 0.25) is 5.02 Å². The molecule has 0 saturated carbocycles. The Hall–Kier alpha value is -5.33. The summed E-state index contributed by atoms with van der Waals surface area (Å²) in [6.07, 6.45) is 1.30. The van der Waals surface area contributed by atoms with Gasteiger partial charge in [-0.05, 0) is 24.3 Å². The fourth-order valence-electron chi connectivity index (χ4n) is 3.99. The Morgan fingerprint density at radius 1 is 1.05 bits per heavy atom. The highest BCUT2D eigenvalue weighted by Crippen LogP contribution is 2.36. The van der Waals surface area contributed by atoms with E-state index in [0.717, 1.165) is 4.68 Å². The molecule has 0 aliphatic heterocycles. The van der Waals surface area contributed by atoms with Crippen molar-refractivity contribution in [2.75, 3.05) is 0 Å². The molecule has 0 aliphatic rings. The van der Waals surface area contributed by atoms with E-state index in [1.54, 1.807) is 60.7 Å². The fraction of sp³-hybridized carbons (Fsp3) is 0.0345. The van der Waals surface area contributed by atoms with E-state index >= 15 is 0 Å². The Balaban J connectivity index is 1.55. The van der Waals surface area contributed by atoms with Gasteiger partial charge in [0.15, 0.2) is 5.82 Å². The largest absolute Gasteiger partial charge is 0.481 e. The molecule has 5 aromatic rings. The van der Waals surface area contributed by atoms with Gasteiger partial charge in [-0.15, -0.1) is 0 Å². The average Bonchev–Trinajstić information content (AvgIpc) is 2.96. The number of rotatable bonds is 7. The van der Waals surface area contributed by atoms with Crippen molar-refractivity contribution in [3.05, 3.63) is 133 Å². The number of hydrogen-bond acceptors (Lipinski definition) is 7. The molecular weight excluding hydrogens is 518 g/mol. The zero-order valence-electron chi connectivity index (χ0n) is 20.2. The van der Waals surface area contributed by atoms with Crippen molar-refractivity contribution in [3.63, 3.8) is 0 Å². The Morgan fingerprint density at radius 3 is 2.54 bits per heavy atom. The number of benzene rings is 4. The standard InChI is InChI=1S/C29H18ClN5O4/c30-24-14-19(15-26(35(37)38)27(24)39-18-22-11-5-4-10-21(22)16-31)17-32-34-28(20-8-2-1-3-9-20)33-25-13-7-6-12-23(25)29(34)36/h1-15,17H,18H2. The third-order valence-electron chi connectivity index (χ3n) is 5.86. The third kappa shape index (κ3) is 5.23. The molecule has 5 rings (SSSR count). The molecule has 0 bridgehead atoms. The van der Waals surface area contributed by atoms with Crippen LogP contribution in [0.3, 0.4) is 0 Å². The van der Waals surface area contributed by atoms with E-state index in [1.165, 1.54) is 18.3 Å². The van der Waals surface area contributed by atoms with Crippen LogP contribution in [0.1, 0.15) is 16.7 Å². The lowest BCUT2D eigenvalue weighted by atomic mass is 10.1. The van der Waals surface area contributed by atoms with Crippen LogP contribution in [0.4, 0.5) is 5.69 Å². The van der Waals surface area contributed by atoms with Crippen LogP contribution < -0.4 is 10.3 Å². The number of ether oxygens (including phenoxy) is 1. The van der Waals surface area contributed by atoms with E-state index in [4.69, 9.17) is 16.3 Å². The van der Waals surface area contributed by atoms with E-state index in [1.807, 2.05) is 18.2 Å². The van der Waals surface area contributed by atoms with Crippen molar-refractivity contribution in [2.24, 2.45) is 5.10 Å². The first kappa shape index (κ1) is 25.3.